The molecule has 0 unspecified atom stereocenters. The predicted octanol–water partition coefficient (Wildman–Crippen LogP) is 1.80. The fourth-order valence-electron chi connectivity index (χ4n) is 1.77. The summed E-state index contributed by atoms with van der Waals surface area (Å²) in [6.07, 6.45) is 2.37. The first kappa shape index (κ1) is 12.7. The van der Waals surface area contributed by atoms with Crippen LogP contribution in [0.5, 0.6) is 0 Å². The topological polar surface area (TPSA) is 78.9 Å². The number of hydrogen-bond acceptors (Lipinski definition) is 3. The van der Waals surface area contributed by atoms with E-state index in [4.69, 9.17) is 0 Å². The molecule has 1 aromatic heterocycles. The Kier molecular flexibility index (Phi) is 4.04. The van der Waals surface area contributed by atoms with Gasteiger partial charge in [-0.1, -0.05) is 20.8 Å². The number of aliphatic carboxylic acids is 1. The molecule has 1 heterocycles. The molecule has 0 aliphatic rings. The van der Waals surface area contributed by atoms with Crippen LogP contribution in [0.3, 0.4) is 0 Å². The second-order valence-corrected chi connectivity index (χ2v) is 4.02. The highest BCUT2D eigenvalue weighted by Gasteiger charge is 2.36. The number of carbonyl (C=O) groups is 1. The van der Waals surface area contributed by atoms with Crippen molar-refractivity contribution in [2.24, 2.45) is 5.41 Å². The highest BCUT2D eigenvalue weighted by atomic mass is 16.4. The molecule has 5 nitrogen and oxygen atoms in total. The number of nitrogens with zero attached hydrogens (tertiary/aromatic N) is 2. The van der Waals surface area contributed by atoms with E-state index in [0.29, 0.717) is 25.1 Å². The Morgan fingerprint density at radius 3 is 2.38 bits per heavy atom. The fraction of sp³-hybridized carbons (Fsp3) is 0.727. The van der Waals surface area contributed by atoms with Gasteiger partial charge >= 0.3 is 5.97 Å². The number of aromatic amines is 1. The van der Waals surface area contributed by atoms with Crippen molar-refractivity contribution >= 4 is 5.97 Å². The van der Waals surface area contributed by atoms with Gasteiger partial charge in [-0.05, 0) is 12.8 Å². The first-order valence-corrected chi connectivity index (χ1v) is 5.71. The third-order valence-electron chi connectivity index (χ3n) is 3.21. The van der Waals surface area contributed by atoms with Gasteiger partial charge in [0.15, 0.2) is 0 Å². The summed E-state index contributed by atoms with van der Waals surface area (Å²) in [5.74, 6) is 0.649. The number of aromatic nitrogens is 3. The normalized spacial score (nSPS) is 11.7. The maximum atomic E-state index is 11.3. The van der Waals surface area contributed by atoms with Crippen LogP contribution in [0, 0.1) is 5.41 Å². The van der Waals surface area contributed by atoms with E-state index in [2.05, 4.69) is 15.2 Å². The van der Waals surface area contributed by atoms with Crippen LogP contribution < -0.4 is 0 Å². The van der Waals surface area contributed by atoms with Crippen molar-refractivity contribution in [2.75, 3.05) is 0 Å². The van der Waals surface area contributed by atoms with E-state index < -0.39 is 11.4 Å². The smallest absolute Gasteiger partial charge is 0.310 e. The highest BCUT2D eigenvalue weighted by Crippen LogP contribution is 2.30. The maximum absolute atomic E-state index is 11.3. The van der Waals surface area contributed by atoms with Gasteiger partial charge in [0, 0.05) is 12.8 Å². The third kappa shape index (κ3) is 2.40. The lowest BCUT2D eigenvalue weighted by molar-refractivity contribution is -0.149. The van der Waals surface area contributed by atoms with Gasteiger partial charge in [0.05, 0.1) is 5.41 Å². The molecule has 0 saturated heterocycles. The number of aryl methyl sites for hydroxylation is 1. The van der Waals surface area contributed by atoms with Gasteiger partial charge in [-0.25, -0.2) is 4.98 Å². The summed E-state index contributed by atoms with van der Waals surface area (Å²) in [6.45, 7) is 5.76. The molecule has 0 aliphatic heterocycles. The standard InChI is InChI=1S/C11H19N3O2/c1-4-8-12-9(14-13-8)7-11(5-2,6-3)10(15)16/h4-7H2,1-3H3,(H,15,16)(H,12,13,14). The summed E-state index contributed by atoms with van der Waals surface area (Å²) in [7, 11) is 0. The van der Waals surface area contributed by atoms with Gasteiger partial charge in [-0.15, -0.1) is 0 Å². The molecule has 5 heteroatoms. The quantitative estimate of drug-likeness (QED) is 0.773. The SMILES string of the molecule is CCc1n[nH]c(CC(CC)(CC)C(=O)O)n1. The Hall–Kier alpha value is -1.39. The lowest BCUT2D eigenvalue weighted by Gasteiger charge is -2.25. The Morgan fingerprint density at radius 1 is 1.38 bits per heavy atom. The zero-order valence-corrected chi connectivity index (χ0v) is 10.1. The van der Waals surface area contributed by atoms with Crippen LogP contribution in [-0.4, -0.2) is 26.3 Å². The molecule has 0 fully saturated rings. The van der Waals surface area contributed by atoms with Crippen LogP contribution >= 0.6 is 0 Å². The van der Waals surface area contributed by atoms with Crippen molar-refractivity contribution in [1.82, 2.24) is 15.2 Å². The van der Waals surface area contributed by atoms with Crippen molar-refractivity contribution in [3.63, 3.8) is 0 Å². The van der Waals surface area contributed by atoms with Crippen LogP contribution in [0.1, 0.15) is 45.3 Å². The van der Waals surface area contributed by atoms with Gasteiger partial charge < -0.3 is 5.11 Å². The van der Waals surface area contributed by atoms with E-state index in [0.717, 1.165) is 12.2 Å². The number of carboxylic acid groups (broad SMARTS) is 1. The Morgan fingerprint density at radius 2 is 2.00 bits per heavy atom. The zero-order valence-electron chi connectivity index (χ0n) is 10.1. The largest absolute Gasteiger partial charge is 0.481 e. The number of carboxylic acids is 1. The molecule has 1 rings (SSSR count). The van der Waals surface area contributed by atoms with Crippen molar-refractivity contribution < 1.29 is 9.90 Å². The van der Waals surface area contributed by atoms with E-state index >= 15 is 0 Å². The second-order valence-electron chi connectivity index (χ2n) is 4.02. The summed E-state index contributed by atoms with van der Waals surface area (Å²) in [5, 5.41) is 16.1. The van der Waals surface area contributed by atoms with Gasteiger partial charge in [0.25, 0.3) is 0 Å². The van der Waals surface area contributed by atoms with Crippen molar-refractivity contribution in [2.45, 2.75) is 46.5 Å². The maximum Gasteiger partial charge on any atom is 0.310 e. The Bertz CT molecular complexity index is 356. The van der Waals surface area contributed by atoms with Gasteiger partial charge in [0.2, 0.25) is 0 Å². The fourth-order valence-corrected chi connectivity index (χ4v) is 1.77. The summed E-state index contributed by atoms with van der Waals surface area (Å²) in [6, 6.07) is 0. The molecule has 0 spiro atoms. The van der Waals surface area contributed by atoms with Gasteiger partial charge in [-0.2, -0.15) is 5.10 Å². The molecule has 0 aromatic carbocycles. The van der Waals surface area contributed by atoms with E-state index in [-0.39, 0.29) is 0 Å². The number of rotatable bonds is 6. The molecule has 0 aliphatic carbocycles. The van der Waals surface area contributed by atoms with Crippen LogP contribution in [-0.2, 0) is 17.6 Å². The minimum atomic E-state index is -0.757. The van der Waals surface area contributed by atoms with E-state index in [9.17, 15) is 9.90 Å². The first-order valence-electron chi connectivity index (χ1n) is 5.71. The first-order chi connectivity index (χ1) is 7.57. The van der Waals surface area contributed by atoms with Crippen LogP contribution in [0.4, 0.5) is 0 Å². The summed E-state index contributed by atoms with van der Waals surface area (Å²) >= 11 is 0. The molecule has 2 N–H and O–H groups in total. The monoisotopic (exact) mass is 225 g/mol. The molecule has 1 aromatic rings. The van der Waals surface area contributed by atoms with Gasteiger partial charge in [-0.3, -0.25) is 9.89 Å². The lowest BCUT2D eigenvalue weighted by Crippen LogP contribution is -2.32. The summed E-state index contributed by atoms with van der Waals surface area (Å²) in [4.78, 5) is 15.6. The average Bonchev–Trinajstić information content (AvgIpc) is 2.73. The summed E-state index contributed by atoms with van der Waals surface area (Å²) in [5.41, 5.74) is -0.718. The Labute approximate surface area is 95.3 Å². The minimum Gasteiger partial charge on any atom is -0.481 e. The third-order valence-corrected chi connectivity index (χ3v) is 3.21. The molecular weight excluding hydrogens is 206 g/mol. The minimum absolute atomic E-state index is 0.419. The second kappa shape index (κ2) is 5.09. The van der Waals surface area contributed by atoms with Crippen LogP contribution in [0.15, 0.2) is 0 Å². The highest BCUT2D eigenvalue weighted by molar-refractivity contribution is 5.74. The molecular formula is C11H19N3O2. The molecule has 16 heavy (non-hydrogen) atoms. The predicted molar refractivity (Wildman–Crippen MR) is 60.1 cm³/mol. The van der Waals surface area contributed by atoms with E-state index in [1.54, 1.807) is 0 Å². The van der Waals surface area contributed by atoms with Gasteiger partial charge in [0.1, 0.15) is 11.6 Å². The van der Waals surface area contributed by atoms with Crippen LogP contribution in [0.25, 0.3) is 0 Å². The molecule has 0 amide bonds. The Balaban J connectivity index is 2.87. The van der Waals surface area contributed by atoms with Crippen molar-refractivity contribution in [3.8, 4) is 0 Å². The van der Waals surface area contributed by atoms with Crippen LogP contribution in [0.2, 0.25) is 0 Å². The molecule has 0 atom stereocenters. The lowest BCUT2D eigenvalue weighted by atomic mass is 9.79. The number of hydrogen-bond donors (Lipinski definition) is 2. The molecule has 0 radical (unpaired) electrons. The summed E-state index contributed by atoms with van der Waals surface area (Å²) < 4.78 is 0. The zero-order chi connectivity index (χ0) is 12.2. The molecule has 90 valence electrons. The number of nitrogens with one attached hydrogen (secondary N) is 1. The number of H-pyrrole nitrogens is 1. The van der Waals surface area contributed by atoms with Crippen molar-refractivity contribution in [1.29, 1.82) is 0 Å². The van der Waals surface area contributed by atoms with E-state index in [1.165, 1.54) is 0 Å². The molecule has 0 saturated carbocycles. The average molecular weight is 225 g/mol. The molecule has 0 bridgehead atoms. The van der Waals surface area contributed by atoms with E-state index in [1.807, 2.05) is 20.8 Å². The van der Waals surface area contributed by atoms with Crippen molar-refractivity contribution in [3.05, 3.63) is 11.6 Å².